The molecule has 0 atom stereocenters. The van der Waals surface area contributed by atoms with Gasteiger partial charge in [0.05, 0.1) is 25.2 Å². The van der Waals surface area contributed by atoms with Gasteiger partial charge in [-0.25, -0.2) is 0 Å². The number of rotatable bonds is 3. The molecule has 1 N–H and O–H groups in total. The molecule has 1 aliphatic heterocycles. The number of esters is 1. The van der Waals surface area contributed by atoms with Crippen LogP contribution in [0.2, 0.25) is 0 Å². The maximum absolute atomic E-state index is 11.0. The highest BCUT2D eigenvalue weighted by atomic mass is 79.9. The summed E-state index contributed by atoms with van der Waals surface area (Å²) in [5, 5.41) is 0. The van der Waals surface area contributed by atoms with Crippen molar-refractivity contribution in [2.75, 3.05) is 7.11 Å². The Morgan fingerprint density at radius 2 is 2.37 bits per heavy atom. The minimum absolute atomic E-state index is 0. The third kappa shape index (κ3) is 4.29. The Hall–Kier alpha value is -2.02. The standard InChI is InChI=1S/C12H13N4O2.BrH/c1-18-12(17)3-7-16-6-2-10(8-15-16)11-9-13-4-5-14-11;/h2,4-9,15H,3H2,1H3;1H/q+1;/p-1. The van der Waals surface area contributed by atoms with Crippen molar-refractivity contribution in [3.63, 3.8) is 0 Å². The average molecular weight is 325 g/mol. The minimum Gasteiger partial charge on any atom is -1.00 e. The van der Waals surface area contributed by atoms with E-state index in [2.05, 4.69) is 20.1 Å². The number of halogens is 1. The highest BCUT2D eigenvalue weighted by molar-refractivity contribution is 5.84. The van der Waals surface area contributed by atoms with E-state index in [9.17, 15) is 4.79 Å². The number of hydrogen-bond donors (Lipinski definition) is 1. The fourth-order valence-electron chi connectivity index (χ4n) is 1.37. The third-order valence-corrected chi connectivity index (χ3v) is 2.33. The smallest absolute Gasteiger partial charge is 0.315 e. The van der Waals surface area contributed by atoms with E-state index >= 15 is 0 Å². The maximum atomic E-state index is 11.0. The topological polar surface area (TPSA) is 67.1 Å². The average Bonchev–Trinajstić information content (AvgIpc) is 2.46. The van der Waals surface area contributed by atoms with Gasteiger partial charge in [0.25, 0.3) is 0 Å². The Kier molecular flexibility index (Phi) is 5.87. The van der Waals surface area contributed by atoms with Crippen molar-refractivity contribution >= 4 is 17.8 Å². The van der Waals surface area contributed by atoms with Gasteiger partial charge in [-0.1, -0.05) is 4.68 Å². The Morgan fingerprint density at radius 3 is 2.95 bits per heavy atom. The normalized spacial score (nSPS) is 15.2. The molecule has 2 heterocycles. The van der Waals surface area contributed by atoms with Crippen LogP contribution >= 0.6 is 0 Å². The monoisotopic (exact) mass is 324 g/mol. The molecule has 7 heteroatoms. The zero-order valence-corrected chi connectivity index (χ0v) is 11.9. The molecule has 0 radical (unpaired) electrons. The summed E-state index contributed by atoms with van der Waals surface area (Å²) >= 11 is 0. The van der Waals surface area contributed by atoms with Gasteiger partial charge in [-0.3, -0.25) is 14.8 Å². The van der Waals surface area contributed by atoms with Crippen molar-refractivity contribution in [2.45, 2.75) is 6.42 Å². The van der Waals surface area contributed by atoms with E-state index in [1.165, 1.54) is 7.11 Å². The molecule has 1 aromatic heterocycles. The molecule has 6 nitrogen and oxygen atoms in total. The fraction of sp³-hybridized carbons (Fsp3) is 0.167. The number of hydrazine groups is 1. The first-order chi connectivity index (χ1) is 8.79. The van der Waals surface area contributed by atoms with Gasteiger partial charge in [-0.15, -0.1) is 0 Å². The molecule has 0 saturated carbocycles. The molecular formula is C12H13BrN4O2. The van der Waals surface area contributed by atoms with Crippen LogP contribution in [0.1, 0.15) is 12.1 Å². The lowest BCUT2D eigenvalue weighted by molar-refractivity contribution is -0.507. The molecular weight excluding hydrogens is 312 g/mol. The van der Waals surface area contributed by atoms with Gasteiger partial charge >= 0.3 is 5.97 Å². The Balaban J connectivity index is 0.00000180. The fourth-order valence-corrected chi connectivity index (χ4v) is 1.37. The van der Waals surface area contributed by atoms with Crippen LogP contribution in [-0.4, -0.2) is 33.9 Å². The quantitative estimate of drug-likeness (QED) is 0.492. The first-order valence-corrected chi connectivity index (χ1v) is 5.39. The molecule has 0 aliphatic carbocycles. The summed E-state index contributed by atoms with van der Waals surface area (Å²) < 4.78 is 6.23. The Morgan fingerprint density at radius 1 is 1.53 bits per heavy atom. The van der Waals surface area contributed by atoms with Crippen LogP contribution in [0.3, 0.4) is 0 Å². The van der Waals surface area contributed by atoms with Crippen LogP contribution in [-0.2, 0) is 9.53 Å². The molecule has 1 aromatic rings. The van der Waals surface area contributed by atoms with E-state index < -0.39 is 0 Å². The molecule has 0 amide bonds. The SMILES string of the molecule is COC(=O)CC=[N+]1C=CC(c2cnccn2)=CN1.[Br-]. The first kappa shape index (κ1) is 15.0. The third-order valence-electron chi connectivity index (χ3n) is 2.33. The van der Waals surface area contributed by atoms with Crippen molar-refractivity contribution in [3.05, 3.63) is 42.8 Å². The number of nitrogens with one attached hydrogen (secondary N) is 1. The number of carbonyl (C=O) groups is 1. The molecule has 0 saturated heterocycles. The molecule has 0 spiro atoms. The largest absolute Gasteiger partial charge is 1.00 e. The lowest BCUT2D eigenvalue weighted by Gasteiger charge is -2.05. The summed E-state index contributed by atoms with van der Waals surface area (Å²) in [5.74, 6) is -0.283. The van der Waals surface area contributed by atoms with Crippen LogP contribution in [0.4, 0.5) is 0 Å². The van der Waals surface area contributed by atoms with Crippen LogP contribution in [0, 0.1) is 0 Å². The molecule has 0 bridgehead atoms. The van der Waals surface area contributed by atoms with Crippen LogP contribution in [0.15, 0.2) is 37.1 Å². The van der Waals surface area contributed by atoms with Gasteiger partial charge in [0.1, 0.15) is 6.42 Å². The Labute approximate surface area is 121 Å². The Bertz CT molecular complexity index is 526. The first-order valence-electron chi connectivity index (χ1n) is 5.39. The summed E-state index contributed by atoms with van der Waals surface area (Å²) in [6, 6.07) is 0. The number of hydrazone groups is 1. The van der Waals surface area contributed by atoms with E-state index in [0.29, 0.717) is 0 Å². The van der Waals surface area contributed by atoms with E-state index in [-0.39, 0.29) is 29.4 Å². The van der Waals surface area contributed by atoms with E-state index in [4.69, 9.17) is 0 Å². The second-order valence-electron chi connectivity index (χ2n) is 3.51. The highest BCUT2D eigenvalue weighted by Gasteiger charge is 2.10. The van der Waals surface area contributed by atoms with Gasteiger partial charge < -0.3 is 21.7 Å². The van der Waals surface area contributed by atoms with Crippen molar-refractivity contribution in [1.82, 2.24) is 15.4 Å². The zero-order chi connectivity index (χ0) is 12.8. The van der Waals surface area contributed by atoms with Crippen molar-refractivity contribution < 1.29 is 31.2 Å². The molecule has 1 aliphatic rings. The summed E-state index contributed by atoms with van der Waals surface area (Å²) in [6.07, 6.45) is 12.3. The molecule has 0 fully saturated rings. The molecule has 0 aromatic carbocycles. The number of hydrogen-bond acceptors (Lipinski definition) is 5. The second-order valence-corrected chi connectivity index (χ2v) is 3.51. The van der Waals surface area contributed by atoms with Crippen LogP contribution in [0.25, 0.3) is 5.57 Å². The van der Waals surface area contributed by atoms with E-state index in [1.54, 1.807) is 41.9 Å². The summed E-state index contributed by atoms with van der Waals surface area (Å²) in [6.45, 7) is 0. The van der Waals surface area contributed by atoms with Gasteiger partial charge in [0, 0.05) is 24.0 Å². The predicted octanol–water partition coefficient (Wildman–Crippen LogP) is -2.50. The maximum Gasteiger partial charge on any atom is 0.315 e. The van der Waals surface area contributed by atoms with Crippen LogP contribution in [0.5, 0.6) is 0 Å². The van der Waals surface area contributed by atoms with Crippen molar-refractivity contribution in [1.29, 1.82) is 0 Å². The molecule has 100 valence electrons. The van der Waals surface area contributed by atoms with E-state index in [0.717, 1.165) is 11.3 Å². The highest BCUT2D eigenvalue weighted by Crippen LogP contribution is 2.12. The van der Waals surface area contributed by atoms with Gasteiger partial charge in [-0.2, -0.15) is 5.43 Å². The summed E-state index contributed by atoms with van der Waals surface area (Å²) in [7, 11) is 1.36. The van der Waals surface area contributed by atoms with Crippen LogP contribution < -0.4 is 22.4 Å². The van der Waals surface area contributed by atoms with Gasteiger partial charge in [0.2, 0.25) is 0 Å². The van der Waals surface area contributed by atoms with Crippen molar-refractivity contribution in [3.8, 4) is 0 Å². The van der Waals surface area contributed by atoms with E-state index in [1.807, 2.05) is 6.08 Å². The number of aromatic nitrogens is 2. The summed E-state index contributed by atoms with van der Waals surface area (Å²) in [5.41, 5.74) is 4.71. The molecule has 0 unspecified atom stereocenters. The van der Waals surface area contributed by atoms with Gasteiger partial charge in [-0.05, 0) is 0 Å². The molecule has 19 heavy (non-hydrogen) atoms. The molecule has 2 rings (SSSR count). The second kappa shape index (κ2) is 7.42. The number of allylic oxidation sites excluding steroid dienone is 2. The number of nitrogens with zero attached hydrogens (tertiary/aromatic N) is 3. The lowest BCUT2D eigenvalue weighted by Crippen LogP contribution is -3.00. The number of methoxy groups -OCH3 is 1. The van der Waals surface area contributed by atoms with Crippen molar-refractivity contribution in [2.24, 2.45) is 0 Å². The van der Waals surface area contributed by atoms with Gasteiger partial charge in [0.15, 0.2) is 12.4 Å². The predicted molar refractivity (Wildman–Crippen MR) is 65.2 cm³/mol. The summed E-state index contributed by atoms with van der Waals surface area (Å²) in [4.78, 5) is 19.2. The minimum atomic E-state index is -0.283. The zero-order valence-electron chi connectivity index (χ0n) is 10.3. The lowest BCUT2D eigenvalue weighted by atomic mass is 10.2. The number of ether oxygens (including phenoxy) is 1. The number of carbonyl (C=O) groups excluding carboxylic acids is 1.